The minimum absolute atomic E-state index is 0.498. The van der Waals surface area contributed by atoms with Gasteiger partial charge in [-0.15, -0.1) is 0 Å². The van der Waals surface area contributed by atoms with Gasteiger partial charge in [-0.3, -0.25) is 0 Å². The Morgan fingerprint density at radius 2 is 1.83 bits per heavy atom. The Labute approximate surface area is 73.1 Å². The predicted molar refractivity (Wildman–Crippen MR) is 48.1 cm³/mol. The number of para-hydroxylation sites is 1. The van der Waals surface area contributed by atoms with E-state index in [2.05, 4.69) is 6.92 Å². The smallest absolute Gasteiger partial charge is 0.119 e. The first-order chi connectivity index (χ1) is 5.93. The lowest BCUT2D eigenvalue weighted by molar-refractivity contribution is 0.120. The zero-order valence-electron chi connectivity index (χ0n) is 7.03. The molecule has 0 atom stereocenters. The van der Waals surface area contributed by atoms with Crippen LogP contribution in [0.3, 0.4) is 0 Å². The van der Waals surface area contributed by atoms with E-state index in [1.807, 2.05) is 30.3 Å². The van der Waals surface area contributed by atoms with Crippen LogP contribution in [0, 0.1) is 6.92 Å². The molecule has 0 fully saturated rings. The van der Waals surface area contributed by atoms with Gasteiger partial charge in [0.2, 0.25) is 0 Å². The van der Waals surface area contributed by atoms with Crippen LogP contribution in [0.1, 0.15) is 0 Å². The molecule has 1 aromatic rings. The van der Waals surface area contributed by atoms with E-state index in [1.54, 1.807) is 0 Å². The lowest BCUT2D eigenvalue weighted by Gasteiger charge is -2.04. The van der Waals surface area contributed by atoms with E-state index in [4.69, 9.17) is 9.47 Å². The van der Waals surface area contributed by atoms with Gasteiger partial charge in [0, 0.05) is 6.61 Å². The molecule has 0 saturated carbocycles. The van der Waals surface area contributed by atoms with Crippen LogP contribution < -0.4 is 4.74 Å². The van der Waals surface area contributed by atoms with E-state index in [9.17, 15) is 0 Å². The molecule has 0 N–H and O–H groups in total. The van der Waals surface area contributed by atoms with Gasteiger partial charge in [0.1, 0.15) is 12.4 Å². The molecule has 1 aromatic carbocycles. The summed E-state index contributed by atoms with van der Waals surface area (Å²) in [6.45, 7) is 5.23. The lowest BCUT2D eigenvalue weighted by atomic mass is 10.3. The quantitative estimate of drug-likeness (QED) is 0.620. The second-order valence-corrected chi connectivity index (χ2v) is 2.27. The molecule has 2 heteroatoms. The van der Waals surface area contributed by atoms with E-state index in [0.29, 0.717) is 19.8 Å². The van der Waals surface area contributed by atoms with E-state index in [1.165, 1.54) is 0 Å². The van der Waals surface area contributed by atoms with Gasteiger partial charge in [-0.1, -0.05) is 18.2 Å². The normalized spacial score (nSPS) is 9.75. The monoisotopic (exact) mass is 165 g/mol. The van der Waals surface area contributed by atoms with Gasteiger partial charge >= 0.3 is 0 Å². The first-order valence-corrected chi connectivity index (χ1v) is 3.98. The van der Waals surface area contributed by atoms with Crippen LogP contribution >= 0.6 is 0 Å². The Hall–Kier alpha value is -1.02. The molecule has 0 aliphatic rings. The molecule has 0 unspecified atom stereocenters. The second-order valence-electron chi connectivity index (χ2n) is 2.27. The summed E-state index contributed by atoms with van der Waals surface area (Å²) in [5, 5.41) is 0. The van der Waals surface area contributed by atoms with Crippen molar-refractivity contribution >= 4 is 0 Å². The van der Waals surface area contributed by atoms with Crippen molar-refractivity contribution in [1.29, 1.82) is 0 Å². The minimum Gasteiger partial charge on any atom is -0.491 e. The van der Waals surface area contributed by atoms with E-state index >= 15 is 0 Å². The van der Waals surface area contributed by atoms with Crippen LogP contribution in [0.15, 0.2) is 30.3 Å². The molecule has 12 heavy (non-hydrogen) atoms. The molecule has 0 amide bonds. The molecule has 65 valence electrons. The molecule has 0 aliphatic heterocycles. The van der Waals surface area contributed by atoms with Gasteiger partial charge in [0.25, 0.3) is 0 Å². The molecule has 0 saturated heterocycles. The van der Waals surface area contributed by atoms with Gasteiger partial charge in [0.05, 0.1) is 6.61 Å². The van der Waals surface area contributed by atoms with Crippen molar-refractivity contribution in [3.05, 3.63) is 37.3 Å². The number of benzene rings is 1. The summed E-state index contributed by atoms with van der Waals surface area (Å²) in [6, 6.07) is 9.68. The number of hydrogen-bond acceptors (Lipinski definition) is 2. The van der Waals surface area contributed by atoms with Crippen LogP contribution in [-0.4, -0.2) is 19.8 Å². The maximum Gasteiger partial charge on any atom is 0.119 e. The Balaban J connectivity index is 2.16. The first-order valence-electron chi connectivity index (χ1n) is 3.98. The van der Waals surface area contributed by atoms with Crippen molar-refractivity contribution in [2.75, 3.05) is 19.8 Å². The predicted octanol–water partition coefficient (Wildman–Crippen LogP) is 1.92. The average molecular weight is 165 g/mol. The van der Waals surface area contributed by atoms with Crippen LogP contribution in [0.5, 0.6) is 5.75 Å². The van der Waals surface area contributed by atoms with Gasteiger partial charge in [-0.05, 0) is 19.1 Å². The zero-order chi connectivity index (χ0) is 8.65. The zero-order valence-corrected chi connectivity index (χ0v) is 7.03. The van der Waals surface area contributed by atoms with E-state index < -0.39 is 0 Å². The number of ether oxygens (including phenoxy) is 2. The third-order valence-electron chi connectivity index (χ3n) is 1.38. The van der Waals surface area contributed by atoms with Crippen molar-refractivity contribution in [2.24, 2.45) is 0 Å². The van der Waals surface area contributed by atoms with Gasteiger partial charge in [-0.25, -0.2) is 0 Å². The van der Waals surface area contributed by atoms with Crippen LogP contribution in [0.25, 0.3) is 0 Å². The Kier molecular flexibility index (Phi) is 4.24. The topological polar surface area (TPSA) is 18.5 Å². The molecular formula is C10H13O2. The maximum absolute atomic E-state index is 5.36. The van der Waals surface area contributed by atoms with Gasteiger partial charge in [0.15, 0.2) is 0 Å². The highest BCUT2D eigenvalue weighted by Crippen LogP contribution is 2.07. The first kappa shape index (κ1) is 9.07. The number of hydrogen-bond donors (Lipinski definition) is 0. The fourth-order valence-corrected chi connectivity index (χ4v) is 0.837. The molecule has 0 spiro atoms. The summed E-state index contributed by atoms with van der Waals surface area (Å²) >= 11 is 0. The highest BCUT2D eigenvalue weighted by molar-refractivity contribution is 5.20. The van der Waals surface area contributed by atoms with Crippen molar-refractivity contribution < 1.29 is 9.47 Å². The van der Waals surface area contributed by atoms with Gasteiger partial charge < -0.3 is 9.47 Å². The van der Waals surface area contributed by atoms with E-state index in [0.717, 1.165) is 5.75 Å². The van der Waals surface area contributed by atoms with Crippen molar-refractivity contribution in [3.8, 4) is 5.75 Å². The molecular weight excluding hydrogens is 152 g/mol. The fourth-order valence-electron chi connectivity index (χ4n) is 0.837. The Morgan fingerprint density at radius 1 is 1.08 bits per heavy atom. The highest BCUT2D eigenvalue weighted by atomic mass is 16.5. The average Bonchev–Trinajstić information content (AvgIpc) is 2.14. The molecule has 1 radical (unpaired) electrons. The Morgan fingerprint density at radius 3 is 2.50 bits per heavy atom. The third kappa shape index (κ3) is 3.39. The SMILES string of the molecule is [CH2]COCCOc1ccccc1. The van der Waals surface area contributed by atoms with Crippen LogP contribution in [-0.2, 0) is 4.74 Å². The summed E-state index contributed by atoms with van der Waals surface area (Å²) in [4.78, 5) is 0. The maximum atomic E-state index is 5.36. The molecule has 1 rings (SSSR count). The molecule has 0 heterocycles. The summed E-state index contributed by atoms with van der Waals surface area (Å²) in [5.41, 5.74) is 0. The third-order valence-corrected chi connectivity index (χ3v) is 1.38. The fraction of sp³-hybridized carbons (Fsp3) is 0.300. The lowest BCUT2D eigenvalue weighted by Crippen LogP contribution is -2.05. The van der Waals surface area contributed by atoms with Gasteiger partial charge in [-0.2, -0.15) is 0 Å². The molecule has 0 aromatic heterocycles. The molecule has 0 bridgehead atoms. The molecule has 2 nitrogen and oxygen atoms in total. The summed E-state index contributed by atoms with van der Waals surface area (Å²) < 4.78 is 10.4. The van der Waals surface area contributed by atoms with E-state index in [-0.39, 0.29) is 0 Å². The molecule has 0 aliphatic carbocycles. The van der Waals surface area contributed by atoms with Crippen molar-refractivity contribution in [3.63, 3.8) is 0 Å². The standard InChI is InChI=1S/C10H13O2/c1-2-11-8-9-12-10-6-4-3-5-7-10/h3-7H,1-2,8-9H2. The number of rotatable bonds is 5. The minimum atomic E-state index is 0.498. The van der Waals surface area contributed by atoms with Crippen LogP contribution in [0.2, 0.25) is 0 Å². The van der Waals surface area contributed by atoms with Crippen molar-refractivity contribution in [2.45, 2.75) is 0 Å². The summed E-state index contributed by atoms with van der Waals surface area (Å²) in [6.07, 6.45) is 0. The van der Waals surface area contributed by atoms with Crippen molar-refractivity contribution in [1.82, 2.24) is 0 Å². The summed E-state index contributed by atoms with van der Waals surface area (Å²) in [7, 11) is 0. The second kappa shape index (κ2) is 5.61. The van der Waals surface area contributed by atoms with Crippen LogP contribution in [0.4, 0.5) is 0 Å². The highest BCUT2D eigenvalue weighted by Gasteiger charge is 1.89. The largest absolute Gasteiger partial charge is 0.491 e. The summed E-state index contributed by atoms with van der Waals surface area (Å²) in [5.74, 6) is 0.880. The Bertz CT molecular complexity index is 196.